The van der Waals surface area contributed by atoms with Gasteiger partial charge in [0.25, 0.3) is 5.56 Å². The molecule has 1 aliphatic heterocycles. The van der Waals surface area contributed by atoms with Crippen LogP contribution >= 0.6 is 11.8 Å². The summed E-state index contributed by atoms with van der Waals surface area (Å²) in [7, 11) is 0. The number of aromatic nitrogens is 2. The van der Waals surface area contributed by atoms with Crippen molar-refractivity contribution in [3.63, 3.8) is 0 Å². The molecule has 2 rings (SSSR count). The van der Waals surface area contributed by atoms with E-state index in [9.17, 15) is 20.1 Å². The average Bonchev–Trinajstić information content (AvgIpc) is 2.44. The zero-order valence-electron chi connectivity index (χ0n) is 10.6. The summed E-state index contributed by atoms with van der Waals surface area (Å²) in [5.41, 5.74) is 4.93. The molecule has 0 spiro atoms. The molecule has 1 aliphatic rings. The van der Waals surface area contributed by atoms with Crippen molar-refractivity contribution in [3.8, 4) is 0 Å². The molecule has 0 aliphatic carbocycles. The van der Waals surface area contributed by atoms with Crippen LogP contribution in [-0.4, -0.2) is 62.7 Å². The van der Waals surface area contributed by atoms with E-state index in [2.05, 4.69) is 15.3 Å². The van der Waals surface area contributed by atoms with E-state index in [1.807, 2.05) is 0 Å². The van der Waals surface area contributed by atoms with Gasteiger partial charge in [0.2, 0.25) is 0 Å². The number of nitrogens with zero attached hydrogens (tertiary/aromatic N) is 1. The van der Waals surface area contributed by atoms with Gasteiger partial charge in [-0.2, -0.15) is 0 Å². The van der Waals surface area contributed by atoms with E-state index in [1.54, 1.807) is 6.26 Å². The van der Waals surface area contributed by atoms with Gasteiger partial charge in [-0.3, -0.25) is 9.78 Å². The van der Waals surface area contributed by atoms with Crippen LogP contribution in [0.15, 0.2) is 9.95 Å². The molecule has 0 aromatic carbocycles. The van der Waals surface area contributed by atoms with Crippen molar-refractivity contribution in [2.75, 3.05) is 23.9 Å². The summed E-state index contributed by atoms with van der Waals surface area (Å²) in [4.78, 5) is 18.1. The number of nitrogens with two attached hydrogens (primary N) is 1. The van der Waals surface area contributed by atoms with Gasteiger partial charge in [-0.25, -0.2) is 4.98 Å². The van der Waals surface area contributed by atoms with Crippen molar-refractivity contribution >= 4 is 23.3 Å². The summed E-state index contributed by atoms with van der Waals surface area (Å²) >= 11 is 1.21. The van der Waals surface area contributed by atoms with Gasteiger partial charge in [0.15, 0.2) is 17.2 Å². The van der Waals surface area contributed by atoms with Crippen molar-refractivity contribution in [3.05, 3.63) is 10.4 Å². The van der Waals surface area contributed by atoms with Gasteiger partial charge in [-0.15, -0.1) is 0 Å². The van der Waals surface area contributed by atoms with Crippen LogP contribution in [-0.2, 0) is 4.74 Å². The number of hydrogen-bond donors (Lipinski definition) is 6. The maximum absolute atomic E-state index is 11.6. The van der Waals surface area contributed by atoms with Crippen molar-refractivity contribution in [1.82, 2.24) is 9.97 Å². The fourth-order valence-corrected chi connectivity index (χ4v) is 2.11. The summed E-state index contributed by atoms with van der Waals surface area (Å²) in [6, 6.07) is 0. The predicted octanol–water partition coefficient (Wildman–Crippen LogP) is -2.08. The van der Waals surface area contributed by atoms with Crippen LogP contribution in [0.25, 0.3) is 0 Å². The zero-order chi connectivity index (χ0) is 14.9. The minimum absolute atomic E-state index is 0.0470. The molecule has 1 aromatic rings. The number of ether oxygens (including phenoxy) is 1. The van der Waals surface area contributed by atoms with Crippen LogP contribution in [0, 0.1) is 0 Å². The van der Waals surface area contributed by atoms with Crippen LogP contribution in [0.1, 0.15) is 0 Å². The third-order valence-electron chi connectivity index (χ3n) is 2.91. The standard InChI is InChI=1S/C10H16N4O5S/c1-20-10-13-7(4(11)8(18)14-10)12-9-6(17)5(16)3(15)2-19-9/h3,5-6,9,15-17H,2,11H2,1H3,(H2,12,13,14,18)/t3-,5-,6-,9-/m1/s1. The number of rotatable bonds is 3. The molecule has 0 saturated carbocycles. The SMILES string of the molecule is CSc1nc(N[C@@H]2OC[C@@H](O)[C@@H](O)[C@H]2O)c(N)c(=O)[nH]1. The molecule has 1 fully saturated rings. The van der Waals surface area contributed by atoms with E-state index in [4.69, 9.17) is 10.5 Å². The molecule has 20 heavy (non-hydrogen) atoms. The van der Waals surface area contributed by atoms with Crippen LogP contribution in [0.4, 0.5) is 11.5 Å². The number of aromatic amines is 1. The lowest BCUT2D eigenvalue weighted by Gasteiger charge is -2.35. The van der Waals surface area contributed by atoms with E-state index >= 15 is 0 Å². The van der Waals surface area contributed by atoms with Crippen LogP contribution in [0.5, 0.6) is 0 Å². The lowest BCUT2D eigenvalue weighted by molar-refractivity contribution is -0.178. The van der Waals surface area contributed by atoms with Gasteiger partial charge in [0.05, 0.1) is 6.61 Å². The normalized spacial score (nSPS) is 30.2. The van der Waals surface area contributed by atoms with Crippen LogP contribution < -0.4 is 16.6 Å². The fraction of sp³-hybridized carbons (Fsp3) is 0.600. The first kappa shape index (κ1) is 15.1. The van der Waals surface area contributed by atoms with E-state index in [0.29, 0.717) is 5.16 Å². The van der Waals surface area contributed by atoms with E-state index in [-0.39, 0.29) is 18.1 Å². The molecule has 0 radical (unpaired) electrons. The van der Waals surface area contributed by atoms with Crippen molar-refractivity contribution in [1.29, 1.82) is 0 Å². The van der Waals surface area contributed by atoms with Gasteiger partial charge >= 0.3 is 0 Å². The Labute approximate surface area is 118 Å². The van der Waals surface area contributed by atoms with E-state index < -0.39 is 30.1 Å². The maximum atomic E-state index is 11.6. The molecule has 10 heteroatoms. The molecule has 0 amide bonds. The van der Waals surface area contributed by atoms with Crippen molar-refractivity contribution < 1.29 is 20.1 Å². The predicted molar refractivity (Wildman–Crippen MR) is 72.4 cm³/mol. The Kier molecular flexibility index (Phi) is 4.50. The number of hydrogen-bond acceptors (Lipinski definition) is 9. The first-order chi connectivity index (χ1) is 9.43. The lowest BCUT2D eigenvalue weighted by atomic mass is 10.0. The number of aliphatic hydroxyl groups is 3. The van der Waals surface area contributed by atoms with Gasteiger partial charge in [-0.1, -0.05) is 11.8 Å². The number of nitrogen functional groups attached to an aromatic ring is 1. The topological polar surface area (TPSA) is 154 Å². The Balaban J connectivity index is 2.22. The molecule has 9 nitrogen and oxygen atoms in total. The highest BCUT2D eigenvalue weighted by Crippen LogP contribution is 2.20. The summed E-state index contributed by atoms with van der Waals surface area (Å²) in [5.74, 6) is 0.0470. The second-order valence-electron chi connectivity index (χ2n) is 4.28. The average molecular weight is 304 g/mol. The zero-order valence-corrected chi connectivity index (χ0v) is 11.4. The molecule has 7 N–H and O–H groups in total. The number of H-pyrrole nitrogens is 1. The molecule has 0 unspecified atom stereocenters. The third-order valence-corrected chi connectivity index (χ3v) is 3.49. The summed E-state index contributed by atoms with van der Waals surface area (Å²) in [6.45, 7) is -0.158. The highest BCUT2D eigenvalue weighted by molar-refractivity contribution is 7.98. The minimum Gasteiger partial charge on any atom is -0.391 e. The highest BCUT2D eigenvalue weighted by atomic mass is 32.2. The van der Waals surface area contributed by atoms with Crippen LogP contribution in [0.3, 0.4) is 0 Å². The lowest BCUT2D eigenvalue weighted by Crippen LogP contribution is -2.55. The van der Waals surface area contributed by atoms with Crippen molar-refractivity contribution in [2.45, 2.75) is 29.7 Å². The Morgan fingerprint density at radius 2 is 2.15 bits per heavy atom. The number of thioether (sulfide) groups is 1. The van der Waals surface area contributed by atoms with Gasteiger partial charge in [0.1, 0.15) is 24.0 Å². The Morgan fingerprint density at radius 1 is 1.45 bits per heavy atom. The van der Waals surface area contributed by atoms with Gasteiger partial charge in [0, 0.05) is 0 Å². The highest BCUT2D eigenvalue weighted by Gasteiger charge is 2.38. The van der Waals surface area contributed by atoms with E-state index in [0.717, 1.165) is 0 Å². The van der Waals surface area contributed by atoms with Gasteiger partial charge < -0.3 is 31.1 Å². The molecule has 1 saturated heterocycles. The molecule has 112 valence electrons. The molecule has 1 aromatic heterocycles. The number of anilines is 2. The first-order valence-electron chi connectivity index (χ1n) is 5.80. The summed E-state index contributed by atoms with van der Waals surface area (Å²) < 4.78 is 5.16. The summed E-state index contributed by atoms with van der Waals surface area (Å²) in [6.07, 6.45) is -3.21. The molecular formula is C10H16N4O5S. The maximum Gasteiger partial charge on any atom is 0.276 e. The van der Waals surface area contributed by atoms with Crippen molar-refractivity contribution in [2.24, 2.45) is 0 Å². The van der Waals surface area contributed by atoms with Gasteiger partial charge in [-0.05, 0) is 6.26 Å². The summed E-state index contributed by atoms with van der Waals surface area (Å²) in [5, 5.41) is 31.7. The number of nitrogens with one attached hydrogen (secondary N) is 2. The minimum atomic E-state index is -1.38. The fourth-order valence-electron chi connectivity index (χ4n) is 1.74. The number of aliphatic hydroxyl groups excluding tert-OH is 3. The Hall–Kier alpha value is -1.33. The Morgan fingerprint density at radius 3 is 2.80 bits per heavy atom. The third kappa shape index (κ3) is 2.88. The quantitative estimate of drug-likeness (QED) is 0.273. The van der Waals surface area contributed by atoms with Crippen LogP contribution in [0.2, 0.25) is 0 Å². The molecule has 2 heterocycles. The second kappa shape index (κ2) is 5.97. The monoisotopic (exact) mass is 304 g/mol. The van der Waals surface area contributed by atoms with E-state index in [1.165, 1.54) is 11.8 Å². The first-order valence-corrected chi connectivity index (χ1v) is 7.02. The second-order valence-corrected chi connectivity index (χ2v) is 5.08. The smallest absolute Gasteiger partial charge is 0.276 e. The Bertz CT molecular complexity index is 539. The largest absolute Gasteiger partial charge is 0.391 e. The molecular weight excluding hydrogens is 288 g/mol. The molecule has 0 bridgehead atoms. The molecule has 4 atom stereocenters.